The average molecular weight is 486 g/mol. The van der Waals surface area contributed by atoms with Crippen molar-refractivity contribution in [1.82, 2.24) is 15.2 Å². The molecule has 0 spiro atoms. The fourth-order valence-corrected chi connectivity index (χ4v) is 4.54. The molecule has 1 aliphatic rings. The van der Waals surface area contributed by atoms with Crippen LogP contribution in [0.25, 0.3) is 22.6 Å². The molecular weight excluding hydrogens is 458 g/mol. The quantitative estimate of drug-likeness (QED) is 0.320. The Bertz CT molecular complexity index is 1460. The Morgan fingerprint density at radius 3 is 2.61 bits per heavy atom. The van der Waals surface area contributed by atoms with Gasteiger partial charge in [-0.15, -0.1) is 10.2 Å². The first-order chi connectivity index (χ1) is 17.6. The van der Waals surface area contributed by atoms with Crippen molar-refractivity contribution in [2.75, 3.05) is 14.2 Å². The molecule has 5 rings (SSSR count). The Hall–Kier alpha value is -4.20. The van der Waals surface area contributed by atoms with Gasteiger partial charge in [-0.05, 0) is 60.2 Å². The standard InChI is InChI=1S/C28H27N3O5/c1-4-24-30-31-25(36-24)16-35-28(32)26-19-9-5-6-11-21(19)29-27-18(8-7-10-20(26)27)14-17-12-13-22(33-2)23(15-17)34-3/h5-6,9,11-15H,4,7-8,10,16H2,1-3H3/b18-14+. The van der Waals surface area contributed by atoms with Gasteiger partial charge >= 0.3 is 5.97 Å². The van der Waals surface area contributed by atoms with Crippen LogP contribution in [0.2, 0.25) is 0 Å². The van der Waals surface area contributed by atoms with Gasteiger partial charge in [-0.3, -0.25) is 0 Å². The predicted molar refractivity (Wildman–Crippen MR) is 135 cm³/mol. The van der Waals surface area contributed by atoms with E-state index in [1.807, 2.05) is 49.4 Å². The van der Waals surface area contributed by atoms with Crippen LogP contribution in [0.15, 0.2) is 46.9 Å². The van der Waals surface area contributed by atoms with Crippen LogP contribution in [-0.4, -0.2) is 35.4 Å². The summed E-state index contributed by atoms with van der Waals surface area (Å²) in [6, 6.07) is 13.4. The number of nitrogens with zero attached hydrogens (tertiary/aromatic N) is 3. The number of hydrogen-bond donors (Lipinski definition) is 0. The maximum absolute atomic E-state index is 13.4. The molecule has 8 heteroatoms. The largest absolute Gasteiger partial charge is 0.493 e. The first-order valence-electron chi connectivity index (χ1n) is 11.9. The molecule has 8 nitrogen and oxygen atoms in total. The number of pyridine rings is 1. The van der Waals surface area contributed by atoms with E-state index in [1.54, 1.807) is 14.2 Å². The Kier molecular flexibility index (Phi) is 6.66. The van der Waals surface area contributed by atoms with Gasteiger partial charge in [-0.1, -0.05) is 31.2 Å². The van der Waals surface area contributed by atoms with Crippen LogP contribution in [0.5, 0.6) is 11.5 Å². The monoisotopic (exact) mass is 485 g/mol. The molecule has 4 aromatic rings. The van der Waals surface area contributed by atoms with Crippen LogP contribution >= 0.6 is 0 Å². The van der Waals surface area contributed by atoms with Crippen molar-refractivity contribution < 1.29 is 23.4 Å². The number of benzene rings is 2. The van der Waals surface area contributed by atoms with Crippen LogP contribution in [0, 0.1) is 0 Å². The number of hydrogen-bond acceptors (Lipinski definition) is 8. The van der Waals surface area contributed by atoms with Crippen molar-refractivity contribution in [1.29, 1.82) is 0 Å². The van der Waals surface area contributed by atoms with Crippen LogP contribution < -0.4 is 9.47 Å². The normalized spacial score (nSPS) is 14.0. The molecule has 0 atom stereocenters. The number of ether oxygens (including phenoxy) is 3. The van der Waals surface area contributed by atoms with Gasteiger partial charge in [0.25, 0.3) is 5.89 Å². The lowest BCUT2D eigenvalue weighted by Crippen LogP contribution is -2.15. The van der Waals surface area contributed by atoms with Gasteiger partial charge in [0.05, 0.1) is 31.0 Å². The molecule has 0 aliphatic heterocycles. The van der Waals surface area contributed by atoms with E-state index in [1.165, 1.54) is 0 Å². The SMILES string of the molecule is CCc1nnc(COC(=O)c2c3c(nc4ccccc24)/C(=C/c2ccc(OC)c(OC)c2)CCC3)o1. The predicted octanol–water partition coefficient (Wildman–Crippen LogP) is 5.43. The summed E-state index contributed by atoms with van der Waals surface area (Å²) in [5.74, 6) is 1.70. The number of esters is 1. The van der Waals surface area contributed by atoms with Gasteiger partial charge in [0.1, 0.15) is 0 Å². The third-order valence-electron chi connectivity index (χ3n) is 6.26. The number of para-hydroxylation sites is 1. The lowest BCUT2D eigenvalue weighted by Gasteiger charge is -2.22. The molecule has 36 heavy (non-hydrogen) atoms. The summed E-state index contributed by atoms with van der Waals surface area (Å²) >= 11 is 0. The van der Waals surface area contributed by atoms with E-state index in [4.69, 9.17) is 23.6 Å². The molecule has 2 heterocycles. The molecule has 0 radical (unpaired) electrons. The molecule has 0 fully saturated rings. The second kappa shape index (κ2) is 10.2. The highest BCUT2D eigenvalue weighted by Gasteiger charge is 2.26. The minimum Gasteiger partial charge on any atom is -0.493 e. The van der Waals surface area contributed by atoms with Crippen LogP contribution in [0.1, 0.15) is 58.7 Å². The van der Waals surface area contributed by atoms with E-state index >= 15 is 0 Å². The zero-order valence-electron chi connectivity index (χ0n) is 20.5. The number of aryl methyl sites for hydroxylation is 1. The summed E-state index contributed by atoms with van der Waals surface area (Å²) in [6.45, 7) is 1.84. The van der Waals surface area contributed by atoms with E-state index in [0.717, 1.165) is 52.6 Å². The molecule has 1 aliphatic carbocycles. The lowest BCUT2D eigenvalue weighted by atomic mass is 9.86. The maximum Gasteiger partial charge on any atom is 0.339 e. The minimum absolute atomic E-state index is 0.0778. The number of fused-ring (bicyclic) bond motifs is 2. The fraction of sp³-hybridized carbons (Fsp3) is 0.286. The van der Waals surface area contributed by atoms with Gasteiger partial charge in [-0.25, -0.2) is 9.78 Å². The van der Waals surface area contributed by atoms with Gasteiger partial charge in [0.2, 0.25) is 5.89 Å². The van der Waals surface area contributed by atoms with E-state index in [2.05, 4.69) is 16.3 Å². The maximum atomic E-state index is 13.4. The number of allylic oxidation sites excluding steroid dienone is 1. The van der Waals surface area contributed by atoms with Crippen molar-refractivity contribution in [3.05, 3.63) is 76.6 Å². The van der Waals surface area contributed by atoms with Crippen molar-refractivity contribution in [2.24, 2.45) is 0 Å². The highest BCUT2D eigenvalue weighted by Crippen LogP contribution is 2.37. The molecule has 184 valence electrons. The van der Waals surface area contributed by atoms with E-state index in [0.29, 0.717) is 29.4 Å². The first-order valence-corrected chi connectivity index (χ1v) is 11.9. The number of aromatic nitrogens is 3. The molecule has 0 saturated carbocycles. The van der Waals surface area contributed by atoms with Crippen molar-refractivity contribution in [3.63, 3.8) is 0 Å². The van der Waals surface area contributed by atoms with E-state index in [9.17, 15) is 4.79 Å². The zero-order chi connectivity index (χ0) is 25.1. The minimum atomic E-state index is -0.423. The smallest absolute Gasteiger partial charge is 0.339 e. The molecular formula is C28H27N3O5. The molecule has 0 unspecified atom stereocenters. The molecule has 0 amide bonds. The summed E-state index contributed by atoms with van der Waals surface area (Å²) in [4.78, 5) is 18.4. The van der Waals surface area contributed by atoms with Gasteiger partial charge in [0, 0.05) is 11.8 Å². The summed E-state index contributed by atoms with van der Waals surface area (Å²) in [6.07, 6.45) is 5.21. The third-order valence-corrected chi connectivity index (χ3v) is 6.26. The Morgan fingerprint density at radius 2 is 1.83 bits per heavy atom. The highest BCUT2D eigenvalue weighted by molar-refractivity contribution is 6.06. The van der Waals surface area contributed by atoms with Crippen LogP contribution in [-0.2, 0) is 24.2 Å². The number of carbonyl (C=O) groups is 1. The summed E-state index contributed by atoms with van der Waals surface area (Å²) in [5, 5.41) is 8.66. The second-order valence-corrected chi connectivity index (χ2v) is 8.49. The molecule has 0 N–H and O–H groups in total. The van der Waals surface area contributed by atoms with Gasteiger partial charge in [-0.2, -0.15) is 0 Å². The van der Waals surface area contributed by atoms with E-state index in [-0.39, 0.29) is 12.5 Å². The molecule has 0 saturated heterocycles. The number of carbonyl (C=O) groups excluding carboxylic acids is 1. The Labute approximate surface area is 208 Å². The number of methoxy groups -OCH3 is 2. The molecule has 0 bridgehead atoms. The molecule has 2 aromatic carbocycles. The second-order valence-electron chi connectivity index (χ2n) is 8.49. The average Bonchev–Trinajstić information content (AvgIpc) is 3.39. The van der Waals surface area contributed by atoms with Gasteiger partial charge < -0.3 is 18.6 Å². The van der Waals surface area contributed by atoms with Crippen LogP contribution in [0.4, 0.5) is 0 Å². The highest BCUT2D eigenvalue weighted by atomic mass is 16.5. The third kappa shape index (κ3) is 4.54. The first kappa shape index (κ1) is 23.5. The van der Waals surface area contributed by atoms with Crippen molar-refractivity contribution >= 4 is 28.5 Å². The van der Waals surface area contributed by atoms with E-state index < -0.39 is 5.97 Å². The Balaban J connectivity index is 1.55. The summed E-state index contributed by atoms with van der Waals surface area (Å²) in [7, 11) is 3.23. The van der Waals surface area contributed by atoms with Gasteiger partial charge in [0.15, 0.2) is 18.1 Å². The summed E-state index contributed by atoms with van der Waals surface area (Å²) in [5.41, 5.74) is 5.05. The topological polar surface area (TPSA) is 96.6 Å². The van der Waals surface area contributed by atoms with Crippen LogP contribution in [0.3, 0.4) is 0 Å². The lowest BCUT2D eigenvalue weighted by molar-refractivity contribution is 0.0437. The van der Waals surface area contributed by atoms with Crippen molar-refractivity contribution in [3.8, 4) is 11.5 Å². The number of rotatable bonds is 7. The zero-order valence-corrected chi connectivity index (χ0v) is 20.5. The Morgan fingerprint density at radius 1 is 1.03 bits per heavy atom. The summed E-state index contributed by atoms with van der Waals surface area (Å²) < 4.78 is 22.0. The molecule has 2 aromatic heterocycles. The van der Waals surface area contributed by atoms with Crippen molar-refractivity contribution in [2.45, 2.75) is 39.2 Å². The fourth-order valence-electron chi connectivity index (χ4n) is 4.54.